The van der Waals surface area contributed by atoms with Crippen LogP contribution in [0.1, 0.15) is 11.1 Å². The van der Waals surface area contributed by atoms with Crippen LogP contribution in [0.3, 0.4) is 0 Å². The summed E-state index contributed by atoms with van der Waals surface area (Å²) >= 11 is 2.01. The van der Waals surface area contributed by atoms with Crippen LogP contribution in [0.25, 0.3) is 0 Å². The van der Waals surface area contributed by atoms with Gasteiger partial charge in [-0.2, -0.15) is 11.8 Å². The van der Waals surface area contributed by atoms with Gasteiger partial charge in [-0.25, -0.2) is 0 Å². The summed E-state index contributed by atoms with van der Waals surface area (Å²) in [4.78, 5) is 2.47. The summed E-state index contributed by atoms with van der Waals surface area (Å²) in [5.74, 6) is 2.37. The summed E-state index contributed by atoms with van der Waals surface area (Å²) < 4.78 is 0. The van der Waals surface area contributed by atoms with E-state index < -0.39 is 0 Å². The number of benzene rings is 1. The van der Waals surface area contributed by atoms with Crippen LogP contribution in [0.15, 0.2) is 18.2 Å². The highest BCUT2D eigenvalue weighted by Gasteiger charge is 2.21. The number of thioether (sulfide) groups is 1. The van der Waals surface area contributed by atoms with Crippen molar-refractivity contribution in [3.8, 4) is 0 Å². The largest absolute Gasteiger partial charge is 0.366 e. The fourth-order valence-electron chi connectivity index (χ4n) is 2.31. The first-order chi connectivity index (χ1) is 7.70. The Morgan fingerprint density at radius 1 is 1.31 bits per heavy atom. The van der Waals surface area contributed by atoms with Crippen LogP contribution in [0.2, 0.25) is 0 Å². The fourth-order valence-corrected chi connectivity index (χ4v) is 3.39. The van der Waals surface area contributed by atoms with Crippen LogP contribution in [-0.2, 0) is 0 Å². The van der Waals surface area contributed by atoms with E-state index in [1.807, 2.05) is 11.8 Å². The molecule has 0 spiro atoms. The van der Waals surface area contributed by atoms with E-state index in [-0.39, 0.29) is 0 Å². The normalized spacial score (nSPS) is 21.2. The topological polar surface area (TPSA) is 29.3 Å². The average molecular weight is 236 g/mol. The standard InChI is InChI=1S/C13H20N2S/c1-10-5-11(2)7-12(6-10)15-3-4-16-9-13(15)8-14/h5-7,13H,3-4,8-9,14H2,1-2H3. The van der Waals surface area contributed by atoms with Gasteiger partial charge in [0.15, 0.2) is 0 Å². The molecule has 1 fully saturated rings. The summed E-state index contributed by atoms with van der Waals surface area (Å²) in [6.45, 7) is 6.19. The Labute approximate surface area is 102 Å². The Hall–Kier alpha value is -0.670. The highest BCUT2D eigenvalue weighted by atomic mass is 32.2. The minimum atomic E-state index is 0.500. The van der Waals surface area contributed by atoms with Gasteiger partial charge in [0.05, 0.1) is 6.04 Å². The molecule has 1 heterocycles. The molecule has 0 aromatic heterocycles. The van der Waals surface area contributed by atoms with Crippen LogP contribution in [-0.4, -0.2) is 30.6 Å². The second-order valence-electron chi connectivity index (χ2n) is 4.50. The summed E-state index contributed by atoms with van der Waals surface area (Å²) in [5, 5.41) is 0. The van der Waals surface area contributed by atoms with Crippen molar-refractivity contribution in [2.45, 2.75) is 19.9 Å². The van der Waals surface area contributed by atoms with Crippen molar-refractivity contribution in [2.24, 2.45) is 5.73 Å². The first-order valence-corrected chi connectivity index (χ1v) is 6.99. The lowest BCUT2D eigenvalue weighted by Gasteiger charge is -2.37. The molecule has 0 radical (unpaired) electrons. The van der Waals surface area contributed by atoms with Crippen LogP contribution in [0, 0.1) is 13.8 Å². The zero-order chi connectivity index (χ0) is 11.5. The first kappa shape index (κ1) is 11.8. The van der Waals surface area contributed by atoms with Crippen molar-refractivity contribution in [3.05, 3.63) is 29.3 Å². The molecule has 3 heteroatoms. The smallest absolute Gasteiger partial charge is 0.0503 e. The van der Waals surface area contributed by atoms with Crippen LogP contribution >= 0.6 is 11.8 Å². The highest BCUT2D eigenvalue weighted by molar-refractivity contribution is 7.99. The molecule has 1 aromatic carbocycles. The van der Waals surface area contributed by atoms with E-state index in [0.717, 1.165) is 18.8 Å². The van der Waals surface area contributed by atoms with Gasteiger partial charge in [0.25, 0.3) is 0 Å². The third kappa shape index (κ3) is 2.53. The molecule has 1 aromatic rings. The molecule has 0 saturated carbocycles. The number of nitrogens with two attached hydrogens (primary N) is 1. The molecule has 1 aliphatic rings. The molecule has 0 amide bonds. The van der Waals surface area contributed by atoms with Gasteiger partial charge in [-0.1, -0.05) is 6.07 Å². The van der Waals surface area contributed by atoms with Gasteiger partial charge in [-0.3, -0.25) is 0 Å². The maximum absolute atomic E-state index is 5.85. The molecule has 1 atom stereocenters. The van der Waals surface area contributed by atoms with Gasteiger partial charge < -0.3 is 10.6 Å². The van der Waals surface area contributed by atoms with Gasteiger partial charge >= 0.3 is 0 Å². The lowest BCUT2D eigenvalue weighted by molar-refractivity contribution is 0.654. The Balaban J connectivity index is 2.26. The van der Waals surface area contributed by atoms with Gasteiger partial charge in [0, 0.05) is 30.3 Å². The first-order valence-electron chi connectivity index (χ1n) is 5.83. The van der Waals surface area contributed by atoms with Gasteiger partial charge in [-0.15, -0.1) is 0 Å². The summed E-state index contributed by atoms with van der Waals surface area (Å²) in [6, 6.07) is 7.26. The van der Waals surface area contributed by atoms with E-state index >= 15 is 0 Å². The number of anilines is 1. The molecule has 2 rings (SSSR count). The van der Waals surface area contributed by atoms with Crippen molar-refractivity contribution < 1.29 is 0 Å². The molecule has 2 nitrogen and oxygen atoms in total. The molecule has 1 saturated heterocycles. The number of aryl methyl sites for hydroxylation is 2. The molecule has 1 unspecified atom stereocenters. The summed E-state index contributed by atoms with van der Waals surface area (Å²) in [7, 11) is 0. The van der Waals surface area contributed by atoms with E-state index in [2.05, 4.69) is 36.9 Å². The van der Waals surface area contributed by atoms with E-state index in [9.17, 15) is 0 Å². The predicted molar refractivity (Wildman–Crippen MR) is 73.4 cm³/mol. The maximum atomic E-state index is 5.85. The van der Waals surface area contributed by atoms with Crippen molar-refractivity contribution >= 4 is 17.4 Å². The fraction of sp³-hybridized carbons (Fsp3) is 0.538. The van der Waals surface area contributed by atoms with Crippen molar-refractivity contribution in [1.82, 2.24) is 0 Å². The van der Waals surface area contributed by atoms with Gasteiger partial charge in [0.2, 0.25) is 0 Å². The third-order valence-corrected chi connectivity index (χ3v) is 4.13. The van der Waals surface area contributed by atoms with Gasteiger partial charge in [-0.05, 0) is 37.1 Å². The number of hydrogen-bond acceptors (Lipinski definition) is 3. The molecular weight excluding hydrogens is 216 g/mol. The van der Waals surface area contributed by atoms with Crippen molar-refractivity contribution in [2.75, 3.05) is 29.5 Å². The quantitative estimate of drug-likeness (QED) is 0.853. The van der Waals surface area contributed by atoms with Crippen LogP contribution in [0.4, 0.5) is 5.69 Å². The Morgan fingerprint density at radius 3 is 2.62 bits per heavy atom. The predicted octanol–water partition coefficient (Wildman–Crippen LogP) is 2.18. The molecule has 16 heavy (non-hydrogen) atoms. The molecular formula is C13H20N2S. The lowest BCUT2D eigenvalue weighted by Crippen LogP contribution is -2.46. The zero-order valence-electron chi connectivity index (χ0n) is 10.1. The van der Waals surface area contributed by atoms with E-state index in [0.29, 0.717) is 6.04 Å². The number of rotatable bonds is 2. The minimum absolute atomic E-state index is 0.500. The second kappa shape index (κ2) is 5.11. The summed E-state index contributed by atoms with van der Waals surface area (Å²) in [5.41, 5.74) is 9.87. The average Bonchev–Trinajstić information content (AvgIpc) is 2.27. The van der Waals surface area contributed by atoms with Gasteiger partial charge in [0.1, 0.15) is 0 Å². The Morgan fingerprint density at radius 2 is 2.00 bits per heavy atom. The summed E-state index contributed by atoms with van der Waals surface area (Å²) in [6.07, 6.45) is 0. The van der Waals surface area contributed by atoms with E-state index in [1.54, 1.807) is 0 Å². The molecule has 0 bridgehead atoms. The molecule has 2 N–H and O–H groups in total. The van der Waals surface area contributed by atoms with Crippen LogP contribution in [0.5, 0.6) is 0 Å². The molecule has 0 aliphatic carbocycles. The molecule has 1 aliphatic heterocycles. The van der Waals surface area contributed by atoms with Crippen molar-refractivity contribution in [1.29, 1.82) is 0 Å². The Kier molecular flexibility index (Phi) is 3.77. The number of nitrogens with zero attached hydrogens (tertiary/aromatic N) is 1. The lowest BCUT2D eigenvalue weighted by atomic mass is 10.1. The number of hydrogen-bond donors (Lipinski definition) is 1. The highest BCUT2D eigenvalue weighted by Crippen LogP contribution is 2.25. The maximum Gasteiger partial charge on any atom is 0.0503 e. The molecule has 88 valence electrons. The minimum Gasteiger partial charge on any atom is -0.366 e. The second-order valence-corrected chi connectivity index (χ2v) is 5.65. The third-order valence-electron chi connectivity index (χ3n) is 3.04. The SMILES string of the molecule is Cc1cc(C)cc(N2CCSCC2CN)c1. The van der Waals surface area contributed by atoms with Crippen molar-refractivity contribution in [3.63, 3.8) is 0 Å². The monoisotopic (exact) mass is 236 g/mol. The van der Waals surface area contributed by atoms with E-state index in [1.165, 1.54) is 22.6 Å². The zero-order valence-corrected chi connectivity index (χ0v) is 10.9. The van der Waals surface area contributed by atoms with E-state index in [4.69, 9.17) is 5.73 Å². The Bertz CT molecular complexity index is 345. The van der Waals surface area contributed by atoms with Crippen LogP contribution < -0.4 is 10.6 Å².